The van der Waals surface area contributed by atoms with Crippen LogP contribution >= 0.6 is 0 Å². The van der Waals surface area contributed by atoms with Crippen molar-refractivity contribution < 1.29 is 0 Å². The summed E-state index contributed by atoms with van der Waals surface area (Å²) in [5.41, 5.74) is 8.01. The zero-order valence-corrected chi connectivity index (χ0v) is 9.30. The molecular formula is C12H13N5. The van der Waals surface area contributed by atoms with Crippen LogP contribution in [-0.2, 0) is 6.42 Å². The van der Waals surface area contributed by atoms with Crippen LogP contribution in [0.1, 0.15) is 5.56 Å². The molecule has 2 heterocycles. The molecule has 0 amide bonds. The van der Waals surface area contributed by atoms with Crippen molar-refractivity contribution in [3.8, 4) is 5.82 Å². The van der Waals surface area contributed by atoms with Crippen LogP contribution in [0, 0.1) is 0 Å². The third-order valence-corrected chi connectivity index (χ3v) is 2.86. The van der Waals surface area contributed by atoms with Gasteiger partial charge < -0.3 is 5.73 Å². The van der Waals surface area contributed by atoms with Crippen molar-refractivity contribution in [2.24, 2.45) is 5.73 Å². The average Bonchev–Trinajstić information content (AvgIpc) is 2.97. The molecule has 0 spiro atoms. The summed E-state index contributed by atoms with van der Waals surface area (Å²) in [5, 5.41) is 11.8. The van der Waals surface area contributed by atoms with E-state index in [1.54, 1.807) is 6.20 Å². The summed E-state index contributed by atoms with van der Waals surface area (Å²) in [7, 11) is 0. The maximum absolute atomic E-state index is 5.64. The average molecular weight is 227 g/mol. The Bertz CT molecular complexity index is 623. The van der Waals surface area contributed by atoms with Gasteiger partial charge >= 0.3 is 0 Å². The van der Waals surface area contributed by atoms with Crippen LogP contribution in [-0.4, -0.2) is 26.5 Å². The van der Waals surface area contributed by atoms with E-state index >= 15 is 0 Å². The largest absolute Gasteiger partial charge is 0.330 e. The molecule has 86 valence electrons. The first-order valence-corrected chi connectivity index (χ1v) is 5.55. The molecule has 0 bridgehead atoms. The monoisotopic (exact) mass is 227 g/mol. The lowest BCUT2D eigenvalue weighted by Crippen LogP contribution is -2.02. The van der Waals surface area contributed by atoms with Gasteiger partial charge in [-0.05, 0) is 24.6 Å². The van der Waals surface area contributed by atoms with E-state index in [1.807, 2.05) is 16.7 Å². The highest BCUT2D eigenvalue weighted by molar-refractivity contribution is 5.85. The Morgan fingerprint density at radius 3 is 2.94 bits per heavy atom. The molecule has 3 rings (SSSR count). The zero-order chi connectivity index (χ0) is 11.7. The van der Waals surface area contributed by atoms with Crippen molar-refractivity contribution in [1.82, 2.24) is 20.0 Å². The summed E-state index contributed by atoms with van der Waals surface area (Å²) in [4.78, 5) is 0. The van der Waals surface area contributed by atoms with Crippen LogP contribution in [0.3, 0.4) is 0 Å². The van der Waals surface area contributed by atoms with Gasteiger partial charge in [0.25, 0.3) is 0 Å². The van der Waals surface area contributed by atoms with E-state index < -0.39 is 0 Å². The second-order valence-corrected chi connectivity index (χ2v) is 3.91. The van der Waals surface area contributed by atoms with Gasteiger partial charge in [0.1, 0.15) is 0 Å². The standard InChI is InChI=1S/C12H13N5/c13-6-5-9-8-17(12-7-14-16-15-12)11-4-2-1-3-10(9)11/h1-4,7-8H,5-6,13H2,(H,14,15,16). The van der Waals surface area contributed by atoms with E-state index in [0.29, 0.717) is 6.54 Å². The molecule has 1 aromatic carbocycles. The SMILES string of the molecule is NCCc1cn(-c2cn[nH]n2)c2ccccc12. The van der Waals surface area contributed by atoms with E-state index in [2.05, 4.69) is 33.7 Å². The normalized spacial score (nSPS) is 11.1. The Balaban J connectivity index is 2.25. The van der Waals surface area contributed by atoms with E-state index in [1.165, 1.54) is 10.9 Å². The number of nitrogens with one attached hydrogen (secondary N) is 1. The molecule has 0 aliphatic heterocycles. The first-order valence-electron chi connectivity index (χ1n) is 5.55. The second-order valence-electron chi connectivity index (χ2n) is 3.91. The van der Waals surface area contributed by atoms with Gasteiger partial charge in [0, 0.05) is 11.6 Å². The molecule has 5 heteroatoms. The molecule has 5 nitrogen and oxygen atoms in total. The molecular weight excluding hydrogens is 214 g/mol. The number of nitrogens with two attached hydrogens (primary N) is 1. The van der Waals surface area contributed by atoms with Crippen LogP contribution in [0.15, 0.2) is 36.7 Å². The lowest BCUT2D eigenvalue weighted by atomic mass is 10.1. The molecule has 0 saturated carbocycles. The first kappa shape index (κ1) is 10.0. The number of aromatic amines is 1. The molecule has 0 atom stereocenters. The number of fused-ring (bicyclic) bond motifs is 1. The zero-order valence-electron chi connectivity index (χ0n) is 9.30. The van der Waals surface area contributed by atoms with Gasteiger partial charge in [0.15, 0.2) is 5.82 Å². The Morgan fingerprint density at radius 2 is 2.18 bits per heavy atom. The summed E-state index contributed by atoms with van der Waals surface area (Å²) in [6.45, 7) is 0.646. The third-order valence-electron chi connectivity index (χ3n) is 2.86. The predicted molar refractivity (Wildman–Crippen MR) is 66.0 cm³/mol. The number of hydrogen-bond acceptors (Lipinski definition) is 3. The van der Waals surface area contributed by atoms with E-state index in [4.69, 9.17) is 5.73 Å². The van der Waals surface area contributed by atoms with Crippen LogP contribution in [0.5, 0.6) is 0 Å². The van der Waals surface area contributed by atoms with E-state index in [-0.39, 0.29) is 0 Å². The second kappa shape index (κ2) is 4.03. The minimum Gasteiger partial charge on any atom is -0.330 e. The smallest absolute Gasteiger partial charge is 0.179 e. The number of nitrogens with zero attached hydrogens (tertiary/aromatic N) is 3. The van der Waals surface area contributed by atoms with Gasteiger partial charge in [-0.25, -0.2) is 0 Å². The van der Waals surface area contributed by atoms with Gasteiger partial charge in [-0.3, -0.25) is 4.57 Å². The highest BCUT2D eigenvalue weighted by Crippen LogP contribution is 2.23. The minimum absolute atomic E-state index is 0.646. The van der Waals surface area contributed by atoms with Crippen LogP contribution in [0.2, 0.25) is 0 Å². The van der Waals surface area contributed by atoms with Crippen molar-refractivity contribution in [3.63, 3.8) is 0 Å². The fraction of sp³-hybridized carbons (Fsp3) is 0.167. The molecule has 0 aliphatic rings. The quantitative estimate of drug-likeness (QED) is 0.707. The molecule has 0 fully saturated rings. The summed E-state index contributed by atoms with van der Waals surface area (Å²) in [5.74, 6) is 0.796. The third kappa shape index (κ3) is 1.60. The van der Waals surface area contributed by atoms with Crippen molar-refractivity contribution in [2.45, 2.75) is 6.42 Å². The Kier molecular flexibility index (Phi) is 2.38. The number of H-pyrrole nitrogens is 1. The van der Waals surface area contributed by atoms with Gasteiger partial charge in [0.2, 0.25) is 0 Å². The molecule has 0 unspecified atom stereocenters. The van der Waals surface area contributed by atoms with E-state index in [9.17, 15) is 0 Å². The van der Waals surface area contributed by atoms with Gasteiger partial charge in [-0.2, -0.15) is 10.3 Å². The van der Waals surface area contributed by atoms with Crippen LogP contribution in [0.4, 0.5) is 0 Å². The Morgan fingerprint density at radius 1 is 1.29 bits per heavy atom. The molecule has 3 N–H and O–H groups in total. The number of rotatable bonds is 3. The number of benzene rings is 1. The molecule has 0 radical (unpaired) electrons. The number of aromatic nitrogens is 4. The first-order chi connectivity index (χ1) is 8.40. The lowest BCUT2D eigenvalue weighted by Gasteiger charge is -1.98. The maximum Gasteiger partial charge on any atom is 0.179 e. The summed E-state index contributed by atoms with van der Waals surface area (Å²) < 4.78 is 2.03. The minimum atomic E-state index is 0.646. The fourth-order valence-electron chi connectivity index (χ4n) is 2.11. The summed E-state index contributed by atoms with van der Waals surface area (Å²) in [6.07, 6.45) is 4.65. The maximum atomic E-state index is 5.64. The van der Waals surface area contributed by atoms with Crippen LogP contribution in [0.25, 0.3) is 16.7 Å². The molecule has 0 saturated heterocycles. The van der Waals surface area contributed by atoms with Gasteiger partial charge in [-0.15, -0.1) is 5.10 Å². The predicted octanol–water partition coefficient (Wildman–Crippen LogP) is 1.25. The van der Waals surface area contributed by atoms with Gasteiger partial charge in [-0.1, -0.05) is 18.2 Å². The lowest BCUT2D eigenvalue weighted by molar-refractivity contribution is 0.911. The van der Waals surface area contributed by atoms with Crippen molar-refractivity contribution >= 4 is 10.9 Å². The van der Waals surface area contributed by atoms with E-state index in [0.717, 1.165) is 17.8 Å². The molecule has 0 aliphatic carbocycles. The number of hydrogen-bond donors (Lipinski definition) is 2. The topological polar surface area (TPSA) is 72.5 Å². The summed E-state index contributed by atoms with van der Waals surface area (Å²) >= 11 is 0. The molecule has 2 aromatic heterocycles. The van der Waals surface area contributed by atoms with Crippen molar-refractivity contribution in [1.29, 1.82) is 0 Å². The van der Waals surface area contributed by atoms with Crippen molar-refractivity contribution in [3.05, 3.63) is 42.2 Å². The highest BCUT2D eigenvalue weighted by Gasteiger charge is 2.09. The fourth-order valence-corrected chi connectivity index (χ4v) is 2.11. The number of para-hydroxylation sites is 1. The Hall–Kier alpha value is -2.14. The molecule has 3 aromatic rings. The van der Waals surface area contributed by atoms with Crippen molar-refractivity contribution in [2.75, 3.05) is 6.54 Å². The summed E-state index contributed by atoms with van der Waals surface area (Å²) in [6, 6.07) is 8.24. The molecule has 17 heavy (non-hydrogen) atoms. The van der Waals surface area contributed by atoms with Crippen LogP contribution < -0.4 is 5.73 Å². The Labute approximate surface area is 98.2 Å². The van der Waals surface area contributed by atoms with Gasteiger partial charge in [0.05, 0.1) is 11.7 Å². The highest BCUT2D eigenvalue weighted by atomic mass is 15.4.